The lowest BCUT2D eigenvalue weighted by atomic mass is 10.2. The topological polar surface area (TPSA) is 52.6 Å². The molecule has 2 aromatic rings. The standard InChI is InChI=1S/C20H24FN5O/c1-15-22-18(24(2)3)14-19(23-15)25-10-12-26(13-11-25)20(27)9-8-16-6-4-5-7-17(16)21/h4-9,14H,10-13H2,1-3H3/b9-8+. The summed E-state index contributed by atoms with van der Waals surface area (Å²) in [5, 5.41) is 0. The molecular weight excluding hydrogens is 345 g/mol. The minimum atomic E-state index is -0.331. The number of halogens is 1. The Labute approximate surface area is 158 Å². The highest BCUT2D eigenvalue weighted by Crippen LogP contribution is 2.19. The van der Waals surface area contributed by atoms with E-state index in [1.165, 1.54) is 18.2 Å². The summed E-state index contributed by atoms with van der Waals surface area (Å²) in [6, 6.07) is 8.37. The Bertz CT molecular complexity index is 844. The zero-order valence-corrected chi connectivity index (χ0v) is 15.9. The van der Waals surface area contributed by atoms with Crippen LogP contribution >= 0.6 is 0 Å². The van der Waals surface area contributed by atoms with Crippen molar-refractivity contribution in [3.8, 4) is 0 Å². The van der Waals surface area contributed by atoms with E-state index in [0.29, 0.717) is 31.7 Å². The minimum absolute atomic E-state index is 0.106. The van der Waals surface area contributed by atoms with Gasteiger partial charge in [0.25, 0.3) is 0 Å². The van der Waals surface area contributed by atoms with Crippen LogP contribution in [-0.2, 0) is 4.79 Å². The molecule has 1 aliphatic heterocycles. The third-order valence-corrected chi connectivity index (χ3v) is 4.50. The Morgan fingerprint density at radius 2 is 1.85 bits per heavy atom. The monoisotopic (exact) mass is 369 g/mol. The molecule has 0 saturated carbocycles. The molecule has 0 aliphatic carbocycles. The van der Waals surface area contributed by atoms with Crippen molar-refractivity contribution in [2.24, 2.45) is 0 Å². The summed E-state index contributed by atoms with van der Waals surface area (Å²) in [6.07, 6.45) is 2.97. The van der Waals surface area contributed by atoms with Crippen molar-refractivity contribution in [2.75, 3.05) is 50.1 Å². The van der Waals surface area contributed by atoms with Crippen LogP contribution in [0, 0.1) is 12.7 Å². The highest BCUT2D eigenvalue weighted by molar-refractivity contribution is 5.92. The molecule has 3 rings (SSSR count). The molecule has 1 fully saturated rings. The summed E-state index contributed by atoms with van der Waals surface area (Å²) in [7, 11) is 3.90. The first-order chi connectivity index (χ1) is 12.9. The molecule has 27 heavy (non-hydrogen) atoms. The summed E-state index contributed by atoms with van der Waals surface area (Å²) in [5.41, 5.74) is 0.414. The second-order valence-electron chi connectivity index (χ2n) is 6.69. The third-order valence-electron chi connectivity index (χ3n) is 4.50. The van der Waals surface area contributed by atoms with E-state index in [9.17, 15) is 9.18 Å². The van der Waals surface area contributed by atoms with Gasteiger partial charge in [-0.15, -0.1) is 0 Å². The molecule has 6 nitrogen and oxygen atoms in total. The summed E-state index contributed by atoms with van der Waals surface area (Å²) in [4.78, 5) is 27.2. The number of aryl methyl sites for hydroxylation is 1. The van der Waals surface area contributed by atoms with Gasteiger partial charge >= 0.3 is 0 Å². The van der Waals surface area contributed by atoms with Gasteiger partial charge in [-0.2, -0.15) is 0 Å². The fraction of sp³-hybridized carbons (Fsp3) is 0.350. The molecule has 2 heterocycles. The lowest BCUT2D eigenvalue weighted by Gasteiger charge is -2.35. The zero-order valence-electron chi connectivity index (χ0n) is 15.9. The second-order valence-corrected chi connectivity index (χ2v) is 6.69. The molecule has 0 unspecified atom stereocenters. The Morgan fingerprint density at radius 3 is 2.52 bits per heavy atom. The van der Waals surface area contributed by atoms with Crippen molar-refractivity contribution in [3.05, 3.63) is 53.6 Å². The van der Waals surface area contributed by atoms with Crippen molar-refractivity contribution in [1.29, 1.82) is 0 Å². The van der Waals surface area contributed by atoms with Gasteiger partial charge in [-0.1, -0.05) is 18.2 Å². The number of aromatic nitrogens is 2. The molecule has 0 bridgehead atoms. The highest BCUT2D eigenvalue weighted by Gasteiger charge is 2.21. The minimum Gasteiger partial charge on any atom is -0.363 e. The number of anilines is 2. The lowest BCUT2D eigenvalue weighted by molar-refractivity contribution is -0.126. The summed E-state index contributed by atoms with van der Waals surface area (Å²) in [5.74, 6) is 2.03. The van der Waals surface area contributed by atoms with E-state index < -0.39 is 0 Å². The summed E-state index contributed by atoms with van der Waals surface area (Å²) in [6.45, 7) is 4.47. The van der Waals surface area contributed by atoms with Gasteiger partial charge in [0.05, 0.1) is 0 Å². The van der Waals surface area contributed by atoms with Crippen molar-refractivity contribution in [3.63, 3.8) is 0 Å². The number of carbonyl (C=O) groups is 1. The molecule has 0 atom stereocenters. The number of amides is 1. The van der Waals surface area contributed by atoms with E-state index in [1.807, 2.05) is 32.0 Å². The molecule has 7 heteroatoms. The van der Waals surface area contributed by atoms with Crippen molar-refractivity contribution in [2.45, 2.75) is 6.92 Å². The van der Waals surface area contributed by atoms with Gasteiger partial charge < -0.3 is 14.7 Å². The van der Waals surface area contributed by atoms with E-state index in [2.05, 4.69) is 14.9 Å². The van der Waals surface area contributed by atoms with Crippen LogP contribution in [0.15, 0.2) is 36.4 Å². The predicted molar refractivity (Wildman–Crippen MR) is 105 cm³/mol. The maximum absolute atomic E-state index is 13.6. The smallest absolute Gasteiger partial charge is 0.246 e. The largest absolute Gasteiger partial charge is 0.363 e. The van der Waals surface area contributed by atoms with Gasteiger partial charge in [0.2, 0.25) is 5.91 Å². The first kappa shape index (κ1) is 18.8. The highest BCUT2D eigenvalue weighted by atomic mass is 19.1. The molecule has 142 valence electrons. The molecule has 1 aliphatic rings. The van der Waals surface area contributed by atoms with Crippen LogP contribution in [0.1, 0.15) is 11.4 Å². The van der Waals surface area contributed by atoms with Crippen LogP contribution < -0.4 is 9.80 Å². The summed E-state index contributed by atoms with van der Waals surface area (Å²) >= 11 is 0. The van der Waals surface area contributed by atoms with Gasteiger partial charge in [-0.05, 0) is 19.1 Å². The molecule has 1 amide bonds. The Morgan fingerprint density at radius 1 is 1.15 bits per heavy atom. The van der Waals surface area contributed by atoms with Crippen LogP contribution in [0.5, 0.6) is 0 Å². The molecule has 1 aromatic carbocycles. The van der Waals surface area contributed by atoms with Gasteiger partial charge in [-0.3, -0.25) is 4.79 Å². The van der Waals surface area contributed by atoms with Crippen molar-refractivity contribution >= 4 is 23.6 Å². The third kappa shape index (κ3) is 4.61. The van der Waals surface area contributed by atoms with E-state index in [-0.39, 0.29) is 11.7 Å². The van der Waals surface area contributed by atoms with Gasteiger partial charge in [0, 0.05) is 58.0 Å². The number of carbonyl (C=O) groups excluding carboxylic acids is 1. The molecular formula is C20H24FN5O. The molecule has 1 aromatic heterocycles. The van der Waals surface area contributed by atoms with Crippen LogP contribution in [0.3, 0.4) is 0 Å². The predicted octanol–water partition coefficient (Wildman–Crippen LogP) is 2.35. The fourth-order valence-corrected chi connectivity index (χ4v) is 2.96. The Hall–Kier alpha value is -2.96. The molecule has 0 radical (unpaired) electrons. The van der Waals surface area contributed by atoms with Crippen molar-refractivity contribution in [1.82, 2.24) is 14.9 Å². The average Bonchev–Trinajstić information content (AvgIpc) is 2.66. The summed E-state index contributed by atoms with van der Waals surface area (Å²) < 4.78 is 13.6. The van der Waals surface area contributed by atoms with Crippen LogP contribution in [0.2, 0.25) is 0 Å². The number of piperazine rings is 1. The number of nitrogens with zero attached hydrogens (tertiary/aromatic N) is 5. The lowest BCUT2D eigenvalue weighted by Crippen LogP contribution is -2.48. The zero-order chi connectivity index (χ0) is 19.4. The quantitative estimate of drug-likeness (QED) is 0.775. The average molecular weight is 369 g/mol. The first-order valence-electron chi connectivity index (χ1n) is 8.93. The van der Waals surface area contributed by atoms with Crippen LogP contribution in [0.25, 0.3) is 6.08 Å². The van der Waals surface area contributed by atoms with Gasteiger partial charge in [0.1, 0.15) is 23.3 Å². The normalized spacial score (nSPS) is 14.7. The van der Waals surface area contributed by atoms with Crippen molar-refractivity contribution < 1.29 is 9.18 Å². The molecule has 0 N–H and O–H groups in total. The van der Waals surface area contributed by atoms with E-state index in [1.54, 1.807) is 23.1 Å². The van der Waals surface area contributed by atoms with Gasteiger partial charge in [0.15, 0.2) is 0 Å². The number of rotatable bonds is 4. The molecule has 1 saturated heterocycles. The number of hydrogen-bond donors (Lipinski definition) is 0. The van der Waals surface area contributed by atoms with Gasteiger partial charge in [-0.25, -0.2) is 14.4 Å². The maximum atomic E-state index is 13.6. The van der Waals surface area contributed by atoms with E-state index >= 15 is 0 Å². The van der Waals surface area contributed by atoms with E-state index in [4.69, 9.17) is 0 Å². The van der Waals surface area contributed by atoms with Crippen LogP contribution in [-0.4, -0.2) is 61.0 Å². The van der Waals surface area contributed by atoms with Crippen LogP contribution in [0.4, 0.5) is 16.0 Å². The Kier molecular flexibility index (Phi) is 5.69. The van der Waals surface area contributed by atoms with E-state index in [0.717, 1.165) is 17.5 Å². The SMILES string of the molecule is Cc1nc(N(C)C)cc(N2CCN(C(=O)/C=C/c3ccccc3F)CC2)n1. The molecule has 0 spiro atoms. The fourth-order valence-electron chi connectivity index (χ4n) is 2.96. The number of benzene rings is 1. The second kappa shape index (κ2) is 8.16. The maximum Gasteiger partial charge on any atom is 0.246 e. The number of hydrogen-bond acceptors (Lipinski definition) is 5. The first-order valence-corrected chi connectivity index (χ1v) is 8.93. The Balaban J connectivity index is 1.62.